The number of ether oxygens (including phenoxy) is 2. The third-order valence-corrected chi connectivity index (χ3v) is 4.49. The summed E-state index contributed by atoms with van der Waals surface area (Å²) in [4.78, 5) is 36.5. The Bertz CT molecular complexity index is 1160. The van der Waals surface area contributed by atoms with E-state index in [1.807, 2.05) is 32.0 Å². The van der Waals surface area contributed by atoms with Crippen molar-refractivity contribution in [2.75, 3.05) is 6.61 Å². The molecule has 1 N–H and O–H groups in total. The molecule has 31 heavy (non-hydrogen) atoms. The van der Waals surface area contributed by atoms with Crippen LogP contribution in [0, 0.1) is 0 Å². The quantitative estimate of drug-likeness (QED) is 0.350. The van der Waals surface area contributed by atoms with Gasteiger partial charge in [-0.1, -0.05) is 32.0 Å². The predicted octanol–water partition coefficient (Wildman–Crippen LogP) is 4.04. The highest BCUT2D eigenvalue weighted by Gasteiger charge is 2.16. The first-order valence-corrected chi connectivity index (χ1v) is 10.1. The van der Waals surface area contributed by atoms with Crippen molar-refractivity contribution in [2.24, 2.45) is 0 Å². The van der Waals surface area contributed by atoms with Gasteiger partial charge in [-0.2, -0.15) is 0 Å². The van der Waals surface area contributed by atoms with Crippen LogP contribution in [-0.2, 0) is 4.79 Å². The number of amides is 1. The summed E-state index contributed by atoms with van der Waals surface area (Å²) in [6.45, 7) is 7.42. The zero-order chi connectivity index (χ0) is 22.5. The summed E-state index contributed by atoms with van der Waals surface area (Å²) in [5.41, 5.74) is 0.369. The van der Waals surface area contributed by atoms with E-state index in [4.69, 9.17) is 13.9 Å². The average Bonchev–Trinajstić information content (AvgIpc) is 2.71. The van der Waals surface area contributed by atoms with Gasteiger partial charge in [0, 0.05) is 17.5 Å². The molecule has 0 atom stereocenters. The summed E-state index contributed by atoms with van der Waals surface area (Å²) in [5, 5.41) is 3.20. The van der Waals surface area contributed by atoms with Crippen molar-refractivity contribution in [3.05, 3.63) is 70.1 Å². The van der Waals surface area contributed by atoms with Crippen LogP contribution in [0.1, 0.15) is 49.5 Å². The minimum absolute atomic E-state index is 0.0804. The zero-order valence-electron chi connectivity index (χ0n) is 17.9. The molecule has 1 heterocycles. The van der Waals surface area contributed by atoms with E-state index < -0.39 is 17.5 Å². The Morgan fingerprint density at radius 3 is 2.48 bits per heavy atom. The van der Waals surface area contributed by atoms with Gasteiger partial charge in [0.15, 0.2) is 6.61 Å². The Kier molecular flexibility index (Phi) is 6.74. The first kappa shape index (κ1) is 22.1. The third-order valence-electron chi connectivity index (χ3n) is 4.49. The van der Waals surface area contributed by atoms with Gasteiger partial charge in [-0.05, 0) is 49.6 Å². The monoisotopic (exact) mass is 423 g/mol. The molecule has 0 fully saturated rings. The van der Waals surface area contributed by atoms with Crippen LogP contribution >= 0.6 is 0 Å². The maximum absolute atomic E-state index is 12.2. The number of carbonyl (C=O) groups excluding carboxylic acids is 2. The van der Waals surface area contributed by atoms with Gasteiger partial charge in [-0.25, -0.2) is 9.59 Å². The fourth-order valence-electron chi connectivity index (χ4n) is 3.04. The maximum Gasteiger partial charge on any atom is 0.349 e. The molecule has 7 nitrogen and oxygen atoms in total. The van der Waals surface area contributed by atoms with Crippen LogP contribution < -0.4 is 20.4 Å². The lowest BCUT2D eigenvalue weighted by Crippen LogP contribution is -2.33. The van der Waals surface area contributed by atoms with Crippen molar-refractivity contribution in [2.45, 2.75) is 39.7 Å². The SMILES string of the molecule is CC(C)NC(=O)c1cc2ccc(OC(=O)COc3ccccc3C(C)C)cc2oc1=O. The highest BCUT2D eigenvalue weighted by Crippen LogP contribution is 2.26. The van der Waals surface area contributed by atoms with Gasteiger partial charge in [0.1, 0.15) is 22.6 Å². The van der Waals surface area contributed by atoms with Crippen molar-refractivity contribution in [3.63, 3.8) is 0 Å². The van der Waals surface area contributed by atoms with Crippen molar-refractivity contribution >= 4 is 22.8 Å². The first-order chi connectivity index (χ1) is 14.7. The van der Waals surface area contributed by atoms with Gasteiger partial charge >= 0.3 is 11.6 Å². The Labute approximate surface area is 180 Å². The lowest BCUT2D eigenvalue weighted by Gasteiger charge is -2.13. The van der Waals surface area contributed by atoms with E-state index in [0.29, 0.717) is 11.1 Å². The van der Waals surface area contributed by atoms with Crippen molar-refractivity contribution in [1.29, 1.82) is 0 Å². The summed E-state index contributed by atoms with van der Waals surface area (Å²) < 4.78 is 16.2. The van der Waals surface area contributed by atoms with Crippen molar-refractivity contribution in [1.82, 2.24) is 5.32 Å². The second-order valence-corrected chi connectivity index (χ2v) is 7.73. The van der Waals surface area contributed by atoms with Gasteiger partial charge in [0.25, 0.3) is 5.91 Å². The molecule has 0 aliphatic rings. The van der Waals surface area contributed by atoms with Crippen LogP contribution in [0.25, 0.3) is 11.0 Å². The van der Waals surface area contributed by atoms with Crippen molar-refractivity contribution in [3.8, 4) is 11.5 Å². The summed E-state index contributed by atoms with van der Waals surface area (Å²) >= 11 is 0. The molecule has 0 aliphatic carbocycles. The minimum Gasteiger partial charge on any atom is -0.482 e. The predicted molar refractivity (Wildman–Crippen MR) is 117 cm³/mol. The molecule has 0 radical (unpaired) electrons. The molecule has 7 heteroatoms. The van der Waals surface area contributed by atoms with E-state index >= 15 is 0 Å². The number of carbonyl (C=O) groups is 2. The largest absolute Gasteiger partial charge is 0.482 e. The van der Waals surface area contributed by atoms with Crippen LogP contribution in [0.4, 0.5) is 0 Å². The van der Waals surface area contributed by atoms with Crippen LogP contribution in [0.15, 0.2) is 57.7 Å². The van der Waals surface area contributed by atoms with Crippen LogP contribution in [0.3, 0.4) is 0 Å². The minimum atomic E-state index is -0.761. The number of esters is 1. The fourth-order valence-corrected chi connectivity index (χ4v) is 3.04. The molecule has 1 amide bonds. The van der Waals surface area contributed by atoms with Gasteiger partial charge < -0.3 is 19.2 Å². The Morgan fingerprint density at radius 2 is 1.77 bits per heavy atom. The van der Waals surface area contributed by atoms with E-state index in [-0.39, 0.29) is 35.5 Å². The Balaban J connectivity index is 1.71. The van der Waals surface area contributed by atoms with Gasteiger partial charge in [0.05, 0.1) is 0 Å². The van der Waals surface area contributed by atoms with Gasteiger partial charge in [0.2, 0.25) is 0 Å². The highest BCUT2D eigenvalue weighted by atomic mass is 16.6. The Morgan fingerprint density at radius 1 is 1.03 bits per heavy atom. The van der Waals surface area contributed by atoms with Gasteiger partial charge in [-0.15, -0.1) is 0 Å². The second-order valence-electron chi connectivity index (χ2n) is 7.73. The van der Waals surface area contributed by atoms with E-state index in [0.717, 1.165) is 5.56 Å². The van der Waals surface area contributed by atoms with Crippen LogP contribution in [0.2, 0.25) is 0 Å². The summed E-state index contributed by atoms with van der Waals surface area (Å²) in [7, 11) is 0. The number of benzene rings is 2. The number of para-hydroxylation sites is 1. The van der Waals surface area contributed by atoms with E-state index in [9.17, 15) is 14.4 Å². The van der Waals surface area contributed by atoms with E-state index in [1.165, 1.54) is 12.1 Å². The molecule has 0 saturated carbocycles. The first-order valence-electron chi connectivity index (χ1n) is 10.1. The molecular weight excluding hydrogens is 398 g/mol. The molecule has 0 unspecified atom stereocenters. The molecule has 0 saturated heterocycles. The standard InChI is InChI=1S/C24H25NO6/c1-14(2)18-7-5-6-8-20(18)29-13-22(26)30-17-10-9-16-11-19(23(27)25-15(3)4)24(28)31-21(16)12-17/h5-12,14-15H,13H2,1-4H3,(H,25,27). The second kappa shape index (κ2) is 9.47. The fraction of sp³-hybridized carbons (Fsp3) is 0.292. The molecule has 162 valence electrons. The number of hydrogen-bond donors (Lipinski definition) is 1. The summed E-state index contributed by atoms with van der Waals surface area (Å²) in [6.07, 6.45) is 0. The van der Waals surface area contributed by atoms with Gasteiger partial charge in [-0.3, -0.25) is 4.79 Å². The normalized spacial score (nSPS) is 11.0. The van der Waals surface area contributed by atoms with E-state index in [2.05, 4.69) is 5.32 Å². The molecule has 0 bridgehead atoms. The number of nitrogens with one attached hydrogen (secondary N) is 1. The number of fused-ring (bicyclic) bond motifs is 1. The van der Waals surface area contributed by atoms with E-state index in [1.54, 1.807) is 32.0 Å². The maximum atomic E-state index is 12.2. The van der Waals surface area contributed by atoms with Crippen LogP contribution in [0.5, 0.6) is 11.5 Å². The zero-order valence-corrected chi connectivity index (χ0v) is 17.9. The topological polar surface area (TPSA) is 94.8 Å². The summed E-state index contributed by atoms with van der Waals surface area (Å²) in [6, 6.07) is 13.5. The third kappa shape index (κ3) is 5.51. The summed E-state index contributed by atoms with van der Waals surface area (Å²) in [5.74, 6) is 0.00299. The molecule has 0 aliphatic heterocycles. The lowest BCUT2D eigenvalue weighted by molar-refractivity contribution is -0.136. The number of hydrogen-bond acceptors (Lipinski definition) is 6. The highest BCUT2D eigenvalue weighted by molar-refractivity contribution is 5.96. The van der Waals surface area contributed by atoms with Crippen molar-refractivity contribution < 1.29 is 23.5 Å². The smallest absolute Gasteiger partial charge is 0.349 e. The Hall–Kier alpha value is -3.61. The number of rotatable bonds is 7. The molecule has 3 rings (SSSR count). The lowest BCUT2D eigenvalue weighted by atomic mass is 10.0. The van der Waals surface area contributed by atoms with Crippen LogP contribution in [-0.4, -0.2) is 24.5 Å². The average molecular weight is 423 g/mol. The molecule has 0 spiro atoms. The molecular formula is C24H25NO6. The molecule has 3 aromatic rings. The molecule has 2 aromatic carbocycles. The molecule has 1 aromatic heterocycles.